The summed E-state index contributed by atoms with van der Waals surface area (Å²) < 4.78 is 7.71. The zero-order chi connectivity index (χ0) is 21.8. The smallest absolute Gasteiger partial charge is 0.263 e. The number of benzene rings is 2. The Morgan fingerprint density at radius 3 is 2.71 bits per heavy atom. The number of nitrogens with one attached hydrogen (secondary N) is 1. The quantitative estimate of drug-likeness (QED) is 0.622. The number of carbonyl (C=O) groups excluding carboxylic acids is 1. The van der Waals surface area contributed by atoms with E-state index in [-0.39, 0.29) is 18.6 Å². The van der Waals surface area contributed by atoms with Gasteiger partial charge in [-0.15, -0.1) is 0 Å². The van der Waals surface area contributed by atoms with Crippen LogP contribution in [0.4, 0.5) is 5.82 Å². The number of hydrogen-bond acceptors (Lipinski definition) is 4. The van der Waals surface area contributed by atoms with E-state index in [1.165, 1.54) is 11.1 Å². The summed E-state index contributed by atoms with van der Waals surface area (Å²) in [4.78, 5) is 15.0. The molecular formula is C25H30N4O2. The van der Waals surface area contributed by atoms with Crippen molar-refractivity contribution < 1.29 is 9.53 Å². The van der Waals surface area contributed by atoms with Gasteiger partial charge in [-0.25, -0.2) is 4.68 Å². The van der Waals surface area contributed by atoms with Crippen LogP contribution in [-0.2, 0) is 11.3 Å². The van der Waals surface area contributed by atoms with E-state index in [2.05, 4.69) is 39.6 Å². The van der Waals surface area contributed by atoms with Crippen molar-refractivity contribution >= 4 is 11.7 Å². The number of nitrogens with zero attached hydrogens (tertiary/aromatic N) is 3. The average molecular weight is 419 g/mol. The van der Waals surface area contributed by atoms with Gasteiger partial charge in [0.1, 0.15) is 11.6 Å². The van der Waals surface area contributed by atoms with Gasteiger partial charge in [0.2, 0.25) is 0 Å². The number of rotatable bonds is 7. The highest BCUT2D eigenvalue weighted by molar-refractivity contribution is 5.91. The summed E-state index contributed by atoms with van der Waals surface area (Å²) in [5.41, 5.74) is 4.48. The lowest BCUT2D eigenvalue weighted by molar-refractivity contribution is -0.118. The summed E-state index contributed by atoms with van der Waals surface area (Å²) in [7, 11) is 0. The highest BCUT2D eigenvalue weighted by Crippen LogP contribution is 2.28. The first-order chi connectivity index (χ1) is 15.0. The topological polar surface area (TPSA) is 59.4 Å². The van der Waals surface area contributed by atoms with Gasteiger partial charge < -0.3 is 10.1 Å². The van der Waals surface area contributed by atoms with Gasteiger partial charge in [0.25, 0.3) is 5.91 Å². The maximum absolute atomic E-state index is 12.6. The van der Waals surface area contributed by atoms with Crippen LogP contribution in [-0.4, -0.2) is 40.3 Å². The largest absolute Gasteiger partial charge is 0.483 e. The highest BCUT2D eigenvalue weighted by atomic mass is 16.5. The molecule has 0 bridgehead atoms. The van der Waals surface area contributed by atoms with E-state index in [0.29, 0.717) is 0 Å². The van der Waals surface area contributed by atoms with Gasteiger partial charge in [-0.05, 0) is 44.4 Å². The predicted octanol–water partition coefficient (Wildman–Crippen LogP) is 4.27. The Labute approximate surface area is 183 Å². The van der Waals surface area contributed by atoms with E-state index in [4.69, 9.17) is 4.74 Å². The predicted molar refractivity (Wildman–Crippen MR) is 122 cm³/mol. The van der Waals surface area contributed by atoms with Crippen molar-refractivity contribution in [2.24, 2.45) is 0 Å². The van der Waals surface area contributed by atoms with Crippen LogP contribution in [0.5, 0.6) is 5.75 Å². The van der Waals surface area contributed by atoms with Gasteiger partial charge >= 0.3 is 0 Å². The van der Waals surface area contributed by atoms with Crippen LogP contribution in [0.15, 0.2) is 54.7 Å². The van der Waals surface area contributed by atoms with Crippen LogP contribution in [0.25, 0.3) is 0 Å². The summed E-state index contributed by atoms with van der Waals surface area (Å²) in [6.45, 7) is 8.83. The van der Waals surface area contributed by atoms with Crippen LogP contribution in [0.3, 0.4) is 0 Å². The van der Waals surface area contributed by atoms with Gasteiger partial charge in [0.05, 0.1) is 12.2 Å². The molecule has 162 valence electrons. The molecule has 0 spiro atoms. The first-order valence-electron chi connectivity index (χ1n) is 10.8. The molecule has 6 nitrogen and oxygen atoms in total. The van der Waals surface area contributed by atoms with Crippen molar-refractivity contribution in [2.45, 2.75) is 39.8 Å². The second kappa shape index (κ2) is 9.35. The van der Waals surface area contributed by atoms with E-state index >= 15 is 0 Å². The van der Waals surface area contributed by atoms with Crippen molar-refractivity contribution in [3.8, 4) is 5.75 Å². The second-order valence-electron chi connectivity index (χ2n) is 8.39. The number of anilines is 1. The van der Waals surface area contributed by atoms with Gasteiger partial charge in [-0.3, -0.25) is 9.69 Å². The molecule has 2 aromatic carbocycles. The summed E-state index contributed by atoms with van der Waals surface area (Å²) in [5.74, 6) is 1.32. The molecule has 31 heavy (non-hydrogen) atoms. The highest BCUT2D eigenvalue weighted by Gasteiger charge is 2.27. The lowest BCUT2D eigenvalue weighted by Crippen LogP contribution is -2.25. The van der Waals surface area contributed by atoms with Gasteiger partial charge in [0.15, 0.2) is 6.61 Å². The SMILES string of the molecule is Cc1ccc(OCC(=O)Nc2c(C)cnn2[C@@H]2CCN(Cc3ccccc3)C2)c(C)c1. The molecule has 1 amide bonds. The molecule has 0 saturated carbocycles. The first-order valence-corrected chi connectivity index (χ1v) is 10.8. The fourth-order valence-corrected chi connectivity index (χ4v) is 4.15. The average Bonchev–Trinajstić information content (AvgIpc) is 3.35. The Morgan fingerprint density at radius 1 is 1.13 bits per heavy atom. The molecule has 1 fully saturated rings. The molecule has 1 aliphatic rings. The normalized spacial score (nSPS) is 16.4. The van der Waals surface area contributed by atoms with Crippen LogP contribution in [0.2, 0.25) is 0 Å². The Morgan fingerprint density at radius 2 is 1.94 bits per heavy atom. The van der Waals surface area contributed by atoms with E-state index in [0.717, 1.165) is 48.7 Å². The van der Waals surface area contributed by atoms with Gasteiger partial charge in [-0.1, -0.05) is 48.0 Å². The van der Waals surface area contributed by atoms with Crippen molar-refractivity contribution in [1.82, 2.24) is 14.7 Å². The first kappa shape index (κ1) is 21.1. The second-order valence-corrected chi connectivity index (χ2v) is 8.39. The third kappa shape index (κ3) is 5.14. The summed E-state index contributed by atoms with van der Waals surface area (Å²) >= 11 is 0. The molecule has 4 rings (SSSR count). The molecule has 0 aliphatic carbocycles. The van der Waals surface area contributed by atoms with Crippen LogP contribution >= 0.6 is 0 Å². The van der Waals surface area contributed by atoms with Gasteiger partial charge in [0, 0.05) is 25.2 Å². The molecule has 6 heteroatoms. The van der Waals surface area contributed by atoms with Crippen molar-refractivity contribution in [3.63, 3.8) is 0 Å². The molecule has 1 atom stereocenters. The molecule has 0 unspecified atom stereocenters. The van der Waals surface area contributed by atoms with Crippen LogP contribution in [0, 0.1) is 20.8 Å². The Balaban J connectivity index is 1.37. The number of aryl methyl sites for hydroxylation is 3. The third-order valence-electron chi connectivity index (χ3n) is 5.77. The van der Waals surface area contributed by atoms with Crippen LogP contribution in [0.1, 0.15) is 34.7 Å². The standard InChI is InChI=1S/C25H30N4O2/c1-18-9-10-23(19(2)13-18)31-17-24(30)27-25-20(3)14-26-29(25)22-11-12-28(16-22)15-21-7-5-4-6-8-21/h4-10,13-14,22H,11-12,15-17H2,1-3H3,(H,27,30)/t22-/m1/s1. The van der Waals surface area contributed by atoms with E-state index in [9.17, 15) is 4.79 Å². The van der Waals surface area contributed by atoms with Crippen molar-refractivity contribution in [2.75, 3.05) is 25.0 Å². The van der Waals surface area contributed by atoms with Crippen molar-refractivity contribution in [3.05, 3.63) is 77.0 Å². The Kier molecular flexibility index (Phi) is 6.37. The summed E-state index contributed by atoms with van der Waals surface area (Å²) in [5, 5.41) is 7.59. The lowest BCUT2D eigenvalue weighted by Gasteiger charge is -2.18. The number of likely N-dealkylation sites (tertiary alicyclic amines) is 1. The van der Waals surface area contributed by atoms with E-state index in [1.54, 1.807) is 0 Å². The minimum Gasteiger partial charge on any atom is -0.483 e. The minimum absolute atomic E-state index is 0.0285. The fourth-order valence-electron chi connectivity index (χ4n) is 4.15. The molecule has 0 radical (unpaired) electrons. The lowest BCUT2D eigenvalue weighted by atomic mass is 10.1. The molecular weight excluding hydrogens is 388 g/mol. The molecule has 3 aromatic rings. The number of hydrogen-bond donors (Lipinski definition) is 1. The Hall–Kier alpha value is -3.12. The van der Waals surface area contributed by atoms with E-state index in [1.807, 2.05) is 55.9 Å². The summed E-state index contributed by atoms with van der Waals surface area (Å²) in [6, 6.07) is 16.7. The maximum Gasteiger partial charge on any atom is 0.263 e. The molecule has 1 aliphatic heterocycles. The minimum atomic E-state index is -0.177. The zero-order valence-corrected chi connectivity index (χ0v) is 18.5. The maximum atomic E-state index is 12.6. The molecule has 1 saturated heterocycles. The summed E-state index contributed by atoms with van der Waals surface area (Å²) in [6.07, 6.45) is 2.83. The fraction of sp³-hybridized carbons (Fsp3) is 0.360. The Bertz CT molecular complexity index is 1040. The zero-order valence-electron chi connectivity index (χ0n) is 18.5. The number of aromatic nitrogens is 2. The molecule has 1 N–H and O–H groups in total. The molecule has 1 aromatic heterocycles. The van der Waals surface area contributed by atoms with Crippen molar-refractivity contribution in [1.29, 1.82) is 0 Å². The monoisotopic (exact) mass is 418 g/mol. The number of amides is 1. The number of ether oxygens (including phenoxy) is 1. The molecule has 2 heterocycles. The van der Waals surface area contributed by atoms with E-state index < -0.39 is 0 Å². The third-order valence-corrected chi connectivity index (χ3v) is 5.77. The van der Waals surface area contributed by atoms with Crippen LogP contribution < -0.4 is 10.1 Å². The number of carbonyl (C=O) groups is 1. The van der Waals surface area contributed by atoms with Gasteiger partial charge in [-0.2, -0.15) is 5.10 Å².